The number of urea groups is 1. The monoisotopic (exact) mass is 174 g/mol. The molecule has 1 atom stereocenters. The van der Waals surface area contributed by atoms with Gasteiger partial charge in [-0.15, -0.1) is 0 Å². The van der Waals surface area contributed by atoms with Crippen molar-refractivity contribution in [2.75, 3.05) is 33.4 Å². The zero-order chi connectivity index (χ0) is 8.97. The molecule has 2 amide bonds. The quantitative estimate of drug-likeness (QED) is 0.537. The van der Waals surface area contributed by atoms with Gasteiger partial charge >= 0.3 is 6.03 Å². The fourth-order valence-electron chi connectivity index (χ4n) is 1.17. The lowest BCUT2D eigenvalue weighted by molar-refractivity contribution is -0.0400. The second kappa shape index (κ2) is 4.27. The van der Waals surface area contributed by atoms with Crippen molar-refractivity contribution in [3.05, 3.63) is 0 Å². The van der Waals surface area contributed by atoms with E-state index in [0.717, 1.165) is 0 Å². The third-order valence-corrected chi connectivity index (χ3v) is 1.84. The van der Waals surface area contributed by atoms with E-state index in [1.807, 2.05) is 0 Å². The Labute approximate surface area is 71.3 Å². The summed E-state index contributed by atoms with van der Waals surface area (Å²) in [6.45, 7) is 1.53. The molecule has 12 heavy (non-hydrogen) atoms. The Kier molecular flexibility index (Phi) is 3.31. The van der Waals surface area contributed by atoms with E-state index in [1.165, 1.54) is 0 Å². The molecule has 0 radical (unpaired) electrons. The maximum Gasteiger partial charge on any atom is 0.317 e. The average Bonchev–Trinajstić information content (AvgIpc) is 2.17. The van der Waals surface area contributed by atoms with Gasteiger partial charge in [0.1, 0.15) is 0 Å². The van der Waals surface area contributed by atoms with Crippen LogP contribution in [-0.4, -0.2) is 55.5 Å². The van der Waals surface area contributed by atoms with Crippen LogP contribution >= 0.6 is 0 Å². The molecule has 0 aromatic carbocycles. The van der Waals surface area contributed by atoms with Gasteiger partial charge in [-0.1, -0.05) is 0 Å². The van der Waals surface area contributed by atoms with Crippen LogP contribution in [0.2, 0.25) is 0 Å². The largest absolute Gasteiger partial charge is 0.394 e. The van der Waals surface area contributed by atoms with Crippen LogP contribution < -0.4 is 5.32 Å². The Morgan fingerprint density at radius 3 is 3.17 bits per heavy atom. The van der Waals surface area contributed by atoms with Gasteiger partial charge in [0.05, 0.1) is 25.9 Å². The van der Waals surface area contributed by atoms with Gasteiger partial charge in [-0.25, -0.2) is 4.79 Å². The molecule has 1 saturated heterocycles. The Hall–Kier alpha value is -0.810. The lowest BCUT2D eigenvalue weighted by atomic mass is 10.3. The van der Waals surface area contributed by atoms with E-state index < -0.39 is 0 Å². The van der Waals surface area contributed by atoms with Crippen LogP contribution in [0.25, 0.3) is 0 Å². The molecule has 1 aliphatic heterocycles. The normalized spacial score (nSPS) is 23.8. The van der Waals surface area contributed by atoms with E-state index in [-0.39, 0.29) is 18.7 Å². The molecule has 1 rings (SSSR count). The molecule has 0 aliphatic carbocycles. The zero-order valence-electron chi connectivity index (χ0n) is 7.12. The van der Waals surface area contributed by atoms with E-state index in [1.54, 1.807) is 11.9 Å². The molecular weight excluding hydrogens is 160 g/mol. The second-order valence-electron chi connectivity index (χ2n) is 2.68. The van der Waals surface area contributed by atoms with Crippen molar-refractivity contribution < 1.29 is 14.6 Å². The fourth-order valence-corrected chi connectivity index (χ4v) is 1.17. The number of nitrogens with zero attached hydrogens (tertiary/aromatic N) is 1. The van der Waals surface area contributed by atoms with Crippen LogP contribution in [-0.2, 0) is 4.74 Å². The number of aliphatic hydroxyl groups excluding tert-OH is 1. The summed E-state index contributed by atoms with van der Waals surface area (Å²) in [5, 5.41) is 11.3. The first-order chi connectivity index (χ1) is 5.77. The molecule has 0 bridgehead atoms. The number of hydrogen-bond acceptors (Lipinski definition) is 3. The SMILES string of the molecule is CNC(=O)N1CCOC(CO)C1. The number of carbonyl (C=O) groups is 1. The molecule has 0 saturated carbocycles. The Morgan fingerprint density at radius 1 is 1.83 bits per heavy atom. The number of hydrogen-bond donors (Lipinski definition) is 2. The van der Waals surface area contributed by atoms with Gasteiger partial charge in [-0.3, -0.25) is 0 Å². The van der Waals surface area contributed by atoms with Crippen molar-refractivity contribution in [3.63, 3.8) is 0 Å². The summed E-state index contributed by atoms with van der Waals surface area (Å²) in [4.78, 5) is 12.7. The maximum absolute atomic E-state index is 11.1. The number of rotatable bonds is 1. The molecular formula is C7H14N2O3. The van der Waals surface area contributed by atoms with Gasteiger partial charge in [0.25, 0.3) is 0 Å². The summed E-state index contributed by atoms with van der Waals surface area (Å²) in [7, 11) is 1.59. The van der Waals surface area contributed by atoms with Crippen molar-refractivity contribution in [1.29, 1.82) is 0 Å². The first kappa shape index (κ1) is 9.28. The van der Waals surface area contributed by atoms with Crippen LogP contribution in [0.1, 0.15) is 0 Å². The second-order valence-corrected chi connectivity index (χ2v) is 2.68. The predicted octanol–water partition coefficient (Wildman–Crippen LogP) is -0.981. The van der Waals surface area contributed by atoms with Crippen molar-refractivity contribution in [1.82, 2.24) is 10.2 Å². The Bertz CT molecular complexity index is 163. The minimum atomic E-state index is -0.226. The van der Waals surface area contributed by atoms with Gasteiger partial charge < -0.3 is 20.1 Å². The summed E-state index contributed by atoms with van der Waals surface area (Å²) >= 11 is 0. The minimum absolute atomic E-state index is 0.0342. The molecule has 5 heteroatoms. The number of aliphatic hydroxyl groups is 1. The van der Waals surface area contributed by atoms with Gasteiger partial charge in [0.15, 0.2) is 0 Å². The smallest absolute Gasteiger partial charge is 0.317 e. The lowest BCUT2D eigenvalue weighted by Crippen LogP contribution is -2.49. The summed E-state index contributed by atoms with van der Waals surface area (Å²) in [5.41, 5.74) is 0. The molecule has 0 aromatic rings. The van der Waals surface area contributed by atoms with Crippen molar-refractivity contribution >= 4 is 6.03 Å². The van der Waals surface area contributed by atoms with Crippen molar-refractivity contribution in [2.45, 2.75) is 6.10 Å². The van der Waals surface area contributed by atoms with Crippen molar-refractivity contribution in [2.24, 2.45) is 0 Å². The summed E-state index contributed by atoms with van der Waals surface area (Å²) in [6, 6.07) is -0.114. The Morgan fingerprint density at radius 2 is 2.58 bits per heavy atom. The molecule has 70 valence electrons. The Balaban J connectivity index is 2.40. The maximum atomic E-state index is 11.1. The standard InChI is InChI=1S/C7H14N2O3/c1-8-7(11)9-2-3-12-6(4-9)5-10/h6,10H,2-5H2,1H3,(H,8,11). The highest BCUT2D eigenvalue weighted by Gasteiger charge is 2.22. The lowest BCUT2D eigenvalue weighted by Gasteiger charge is -2.31. The highest BCUT2D eigenvalue weighted by molar-refractivity contribution is 5.73. The summed E-state index contributed by atoms with van der Waals surface area (Å²) in [6.07, 6.45) is -0.226. The van der Waals surface area contributed by atoms with Crippen LogP contribution in [0, 0.1) is 0 Å². The molecule has 1 heterocycles. The third kappa shape index (κ3) is 2.09. The van der Waals surface area contributed by atoms with Crippen LogP contribution in [0.15, 0.2) is 0 Å². The van der Waals surface area contributed by atoms with Gasteiger partial charge in [0.2, 0.25) is 0 Å². The van der Waals surface area contributed by atoms with Crippen LogP contribution in [0.5, 0.6) is 0 Å². The first-order valence-corrected chi connectivity index (χ1v) is 3.97. The van der Waals surface area contributed by atoms with Gasteiger partial charge in [-0.05, 0) is 0 Å². The van der Waals surface area contributed by atoms with E-state index >= 15 is 0 Å². The number of nitrogens with one attached hydrogen (secondary N) is 1. The first-order valence-electron chi connectivity index (χ1n) is 3.97. The number of morpholine rings is 1. The summed E-state index contributed by atoms with van der Waals surface area (Å²) < 4.78 is 5.18. The van der Waals surface area contributed by atoms with E-state index in [2.05, 4.69) is 5.32 Å². The molecule has 1 unspecified atom stereocenters. The van der Waals surface area contributed by atoms with Crippen LogP contribution in [0.4, 0.5) is 4.79 Å². The molecule has 2 N–H and O–H groups in total. The van der Waals surface area contributed by atoms with Crippen LogP contribution in [0.3, 0.4) is 0 Å². The molecule has 5 nitrogen and oxygen atoms in total. The topological polar surface area (TPSA) is 61.8 Å². The number of amides is 2. The highest BCUT2D eigenvalue weighted by atomic mass is 16.5. The molecule has 1 aliphatic rings. The van der Waals surface area contributed by atoms with Gasteiger partial charge in [-0.2, -0.15) is 0 Å². The predicted molar refractivity (Wildman–Crippen MR) is 42.9 cm³/mol. The molecule has 0 spiro atoms. The number of carbonyl (C=O) groups excluding carboxylic acids is 1. The molecule has 0 aromatic heterocycles. The van der Waals surface area contributed by atoms with Gasteiger partial charge in [0, 0.05) is 13.6 Å². The number of ether oxygens (including phenoxy) is 1. The fraction of sp³-hybridized carbons (Fsp3) is 0.857. The third-order valence-electron chi connectivity index (χ3n) is 1.84. The van der Waals surface area contributed by atoms with E-state index in [4.69, 9.17) is 9.84 Å². The highest BCUT2D eigenvalue weighted by Crippen LogP contribution is 2.03. The minimum Gasteiger partial charge on any atom is -0.394 e. The average molecular weight is 174 g/mol. The van der Waals surface area contributed by atoms with E-state index in [0.29, 0.717) is 19.7 Å². The van der Waals surface area contributed by atoms with E-state index in [9.17, 15) is 4.79 Å². The molecule has 1 fully saturated rings. The summed E-state index contributed by atoms with van der Waals surface area (Å²) in [5.74, 6) is 0. The van der Waals surface area contributed by atoms with Crippen molar-refractivity contribution in [3.8, 4) is 0 Å². The zero-order valence-corrected chi connectivity index (χ0v) is 7.12.